The number of hydrogen-bond acceptors (Lipinski definition) is 4. The Morgan fingerprint density at radius 1 is 1.22 bits per heavy atom. The van der Waals surface area contributed by atoms with E-state index in [0.29, 0.717) is 26.2 Å². The number of likely N-dealkylation sites (tertiary alicyclic amines) is 1. The Morgan fingerprint density at radius 3 is 2.56 bits per heavy atom. The summed E-state index contributed by atoms with van der Waals surface area (Å²) in [5.74, 6) is -0.936. The third kappa shape index (κ3) is 6.34. The molecule has 0 saturated carbocycles. The Labute approximate surface area is 164 Å². The van der Waals surface area contributed by atoms with Gasteiger partial charge in [-0.3, -0.25) is 9.69 Å². The van der Waals surface area contributed by atoms with Crippen LogP contribution in [0.1, 0.15) is 12.0 Å². The number of nitrogens with one attached hydrogen (secondary N) is 2. The minimum Gasteiger partial charge on any atom is -0.383 e. The van der Waals surface area contributed by atoms with Crippen molar-refractivity contribution in [2.75, 3.05) is 46.4 Å². The highest BCUT2D eigenvalue weighted by atomic mass is 35.5. The van der Waals surface area contributed by atoms with Crippen molar-refractivity contribution in [3.05, 3.63) is 35.9 Å². The number of benzene rings is 1. The summed E-state index contributed by atoms with van der Waals surface area (Å²) < 4.78 is 46.1. The molecule has 0 aromatic heterocycles. The first-order valence-corrected chi connectivity index (χ1v) is 8.70. The fourth-order valence-electron chi connectivity index (χ4n) is 3.14. The molecule has 9 heteroatoms. The number of amides is 1. The summed E-state index contributed by atoms with van der Waals surface area (Å²) in [4.78, 5) is 14.1. The van der Waals surface area contributed by atoms with E-state index in [4.69, 9.17) is 4.74 Å². The van der Waals surface area contributed by atoms with Gasteiger partial charge in [-0.1, -0.05) is 30.3 Å². The summed E-state index contributed by atoms with van der Waals surface area (Å²) >= 11 is 0. The van der Waals surface area contributed by atoms with Crippen LogP contribution in [-0.2, 0) is 16.1 Å². The average Bonchev–Trinajstić information content (AvgIpc) is 3.04. The molecule has 1 aromatic rings. The second kappa shape index (κ2) is 10.8. The summed E-state index contributed by atoms with van der Waals surface area (Å²) in [6, 6.07) is 9.32. The molecule has 1 atom stereocenters. The molecule has 0 radical (unpaired) electrons. The molecule has 2 N–H and O–H groups in total. The van der Waals surface area contributed by atoms with Crippen LogP contribution in [0.2, 0.25) is 0 Å². The second-order valence-electron chi connectivity index (χ2n) is 6.52. The number of carbonyl (C=O) groups excluding carboxylic acids is 1. The van der Waals surface area contributed by atoms with Crippen molar-refractivity contribution in [3.63, 3.8) is 0 Å². The lowest BCUT2D eigenvalue weighted by molar-refractivity contribution is -0.218. The van der Waals surface area contributed by atoms with E-state index in [1.807, 2.05) is 30.3 Å². The van der Waals surface area contributed by atoms with Crippen LogP contribution in [0, 0.1) is 5.41 Å². The zero-order valence-corrected chi connectivity index (χ0v) is 16.2. The van der Waals surface area contributed by atoms with E-state index in [1.54, 1.807) is 12.0 Å². The van der Waals surface area contributed by atoms with E-state index in [0.717, 1.165) is 5.56 Å². The summed E-state index contributed by atoms with van der Waals surface area (Å²) in [6.45, 7) is 1.99. The number of alkyl halides is 3. The molecule has 0 aliphatic carbocycles. The third-order valence-electron chi connectivity index (χ3n) is 4.64. The van der Waals surface area contributed by atoms with Gasteiger partial charge >= 0.3 is 6.18 Å². The first-order valence-electron chi connectivity index (χ1n) is 8.70. The fourth-order valence-corrected chi connectivity index (χ4v) is 3.14. The van der Waals surface area contributed by atoms with Crippen LogP contribution in [0.15, 0.2) is 30.3 Å². The largest absolute Gasteiger partial charge is 0.404 e. The normalized spacial score (nSPS) is 20.3. The maximum Gasteiger partial charge on any atom is 0.404 e. The number of ether oxygens (including phenoxy) is 1. The highest BCUT2D eigenvalue weighted by molar-refractivity contribution is 5.85. The lowest BCUT2D eigenvalue weighted by Crippen LogP contribution is -2.53. The average molecular weight is 410 g/mol. The maximum absolute atomic E-state index is 13.7. The Bertz CT molecular complexity index is 575. The molecule has 2 rings (SSSR count). The van der Waals surface area contributed by atoms with Crippen LogP contribution < -0.4 is 10.6 Å². The van der Waals surface area contributed by atoms with E-state index in [2.05, 4.69) is 10.6 Å². The Kier molecular flexibility index (Phi) is 9.52. The van der Waals surface area contributed by atoms with Crippen LogP contribution in [0.25, 0.3) is 0 Å². The number of hydrogen-bond donors (Lipinski definition) is 2. The topological polar surface area (TPSA) is 53.6 Å². The minimum atomic E-state index is -4.58. The Balaban J connectivity index is 0.00000364. The first kappa shape index (κ1) is 23.7. The minimum absolute atomic E-state index is 0. The van der Waals surface area contributed by atoms with Crippen molar-refractivity contribution in [1.82, 2.24) is 15.5 Å². The summed E-state index contributed by atoms with van der Waals surface area (Å²) in [5, 5.41) is 5.44. The predicted molar refractivity (Wildman–Crippen MR) is 99.8 cm³/mol. The van der Waals surface area contributed by atoms with E-state index in [9.17, 15) is 18.0 Å². The van der Waals surface area contributed by atoms with Crippen LogP contribution in [-0.4, -0.2) is 63.4 Å². The molecule has 5 nitrogen and oxygen atoms in total. The smallest absolute Gasteiger partial charge is 0.383 e. The SMILES string of the molecule is COCCNCCNC(=O)C1(C(F)(F)F)CCN(Cc2ccccc2)C1.Cl. The Morgan fingerprint density at radius 2 is 1.93 bits per heavy atom. The molecule has 154 valence electrons. The van der Waals surface area contributed by atoms with Crippen LogP contribution in [0.3, 0.4) is 0 Å². The maximum atomic E-state index is 13.7. The number of halogens is 4. The van der Waals surface area contributed by atoms with Gasteiger partial charge in [0.05, 0.1) is 6.61 Å². The van der Waals surface area contributed by atoms with Crippen molar-refractivity contribution in [3.8, 4) is 0 Å². The monoisotopic (exact) mass is 409 g/mol. The fraction of sp³-hybridized carbons (Fsp3) is 0.611. The highest BCUT2D eigenvalue weighted by Crippen LogP contribution is 2.46. The molecule has 1 aromatic carbocycles. The van der Waals surface area contributed by atoms with Crippen molar-refractivity contribution >= 4 is 18.3 Å². The molecule has 1 heterocycles. The van der Waals surface area contributed by atoms with Gasteiger partial charge in [0.15, 0.2) is 5.41 Å². The summed E-state index contributed by atoms with van der Waals surface area (Å²) in [6.07, 6.45) is -4.79. The quantitative estimate of drug-likeness (QED) is 0.614. The van der Waals surface area contributed by atoms with Gasteiger partial charge in [-0.2, -0.15) is 13.2 Å². The number of carbonyl (C=O) groups is 1. The van der Waals surface area contributed by atoms with Crippen molar-refractivity contribution < 1.29 is 22.7 Å². The third-order valence-corrected chi connectivity index (χ3v) is 4.64. The van der Waals surface area contributed by atoms with Crippen molar-refractivity contribution in [2.24, 2.45) is 5.41 Å². The molecule has 0 bridgehead atoms. The van der Waals surface area contributed by atoms with E-state index in [1.165, 1.54) is 0 Å². The molecular weight excluding hydrogens is 383 g/mol. The molecule has 1 aliphatic rings. The second-order valence-corrected chi connectivity index (χ2v) is 6.52. The van der Waals surface area contributed by atoms with Gasteiger partial charge in [-0.25, -0.2) is 0 Å². The molecule has 1 amide bonds. The Hall–Kier alpha value is -1.35. The molecule has 1 fully saturated rings. The zero-order valence-electron chi connectivity index (χ0n) is 15.3. The van der Waals surface area contributed by atoms with Gasteiger partial charge in [-0.15, -0.1) is 12.4 Å². The molecule has 1 aliphatic heterocycles. The highest BCUT2D eigenvalue weighted by Gasteiger charge is 2.62. The van der Waals surface area contributed by atoms with E-state index in [-0.39, 0.29) is 38.5 Å². The van der Waals surface area contributed by atoms with Gasteiger partial charge in [0.2, 0.25) is 5.91 Å². The van der Waals surface area contributed by atoms with Gasteiger partial charge in [0.1, 0.15) is 0 Å². The lowest BCUT2D eigenvalue weighted by Gasteiger charge is -2.30. The number of rotatable bonds is 9. The standard InChI is InChI=1S/C18H26F3N3O2.ClH/c1-26-12-10-22-8-9-23-16(25)17(18(19,20)21)7-11-24(14-17)13-15-5-3-2-4-6-15;/h2-6,22H,7-14H2,1H3,(H,23,25);1H. The van der Waals surface area contributed by atoms with Crippen LogP contribution in [0.4, 0.5) is 13.2 Å². The van der Waals surface area contributed by atoms with Crippen molar-refractivity contribution in [2.45, 2.75) is 19.1 Å². The molecule has 27 heavy (non-hydrogen) atoms. The van der Waals surface area contributed by atoms with Gasteiger partial charge < -0.3 is 15.4 Å². The van der Waals surface area contributed by atoms with Gasteiger partial charge in [0, 0.05) is 39.8 Å². The molecule has 1 saturated heterocycles. The number of methoxy groups -OCH3 is 1. The van der Waals surface area contributed by atoms with Gasteiger partial charge in [0.25, 0.3) is 0 Å². The van der Waals surface area contributed by atoms with Gasteiger partial charge in [-0.05, 0) is 18.5 Å². The predicted octanol–water partition coefficient (Wildman–Crippen LogP) is 2.21. The molecule has 0 spiro atoms. The lowest BCUT2D eigenvalue weighted by atomic mass is 9.85. The molecule has 1 unspecified atom stereocenters. The first-order chi connectivity index (χ1) is 12.4. The summed E-state index contributed by atoms with van der Waals surface area (Å²) in [7, 11) is 1.57. The summed E-state index contributed by atoms with van der Waals surface area (Å²) in [5.41, 5.74) is -1.40. The van der Waals surface area contributed by atoms with Crippen LogP contribution in [0.5, 0.6) is 0 Å². The van der Waals surface area contributed by atoms with E-state index >= 15 is 0 Å². The van der Waals surface area contributed by atoms with Crippen molar-refractivity contribution in [1.29, 1.82) is 0 Å². The van der Waals surface area contributed by atoms with Crippen LogP contribution >= 0.6 is 12.4 Å². The number of nitrogens with zero attached hydrogens (tertiary/aromatic N) is 1. The zero-order chi connectivity index (χ0) is 19.0. The molecular formula is C18H27ClF3N3O2. The van der Waals surface area contributed by atoms with E-state index < -0.39 is 17.5 Å².